The van der Waals surface area contributed by atoms with Crippen LogP contribution in [0.3, 0.4) is 0 Å². The van der Waals surface area contributed by atoms with Crippen molar-refractivity contribution in [3.05, 3.63) is 120 Å². The molecule has 14 nitrogen and oxygen atoms in total. The molecule has 65 heavy (non-hydrogen) atoms. The Balaban J connectivity index is 0.00000374. The molecular weight excluding hydrogens is 946 g/mol. The van der Waals surface area contributed by atoms with Gasteiger partial charge in [0.25, 0.3) is 10.1 Å². The van der Waals surface area contributed by atoms with Gasteiger partial charge in [0.1, 0.15) is 10.1 Å². The van der Waals surface area contributed by atoms with Crippen molar-refractivity contribution in [1.82, 2.24) is 0 Å². The number of nitrogens with zero attached hydrogens (tertiary/aromatic N) is 2. The van der Waals surface area contributed by atoms with Crippen LogP contribution >= 0.6 is 12.0 Å². The molecule has 0 spiro atoms. The molecule has 0 aliphatic carbocycles. The van der Waals surface area contributed by atoms with Gasteiger partial charge in [-0.15, -0.1) is 0 Å². The summed E-state index contributed by atoms with van der Waals surface area (Å²) in [6, 6.07) is 17.3. The second-order valence-corrected chi connectivity index (χ2v) is 22.5. The minimum atomic E-state index is -4.69. The zero-order valence-electron chi connectivity index (χ0n) is 38.2. The first-order valence-electron chi connectivity index (χ1n) is 19.7. The predicted octanol–water partition coefficient (Wildman–Crippen LogP) is -1.75. The molecule has 2 aliphatic heterocycles. The molecule has 2 atom stereocenters. The number of anilines is 1. The molecular formula is C44H48N2Na3O12S4+. The first-order chi connectivity index (χ1) is 28.9. The van der Waals surface area contributed by atoms with Crippen molar-refractivity contribution in [1.29, 1.82) is 0 Å². The van der Waals surface area contributed by atoms with E-state index in [4.69, 9.17) is 0 Å². The topological polar surface area (TPSA) is 217 Å². The van der Waals surface area contributed by atoms with E-state index in [0.29, 0.717) is 16.8 Å². The van der Waals surface area contributed by atoms with E-state index in [-0.39, 0.29) is 113 Å². The standard InChI is InChI=1S/C44H50N2O12S4.3Na/c1-28(10-8-12-39-43(4,5)41-35-18-16-33(59-58-57-47)26-31(35)14-20-37(41)45(39)24-22-29(2)60(48,49)50)11-9-13-40-44(6,7)42-36-19-17-34(62(54,55)56)27-32(36)15-21-38(42)46(40)25-23-30(3)61(51,52)53;;;/h8-21,26-27,29-30H,22-25H2,1-7H3,(H3-,47,48,49,50,51,52,53,54,55,56);;;/q;3*+1/p-2. The fourth-order valence-electron chi connectivity index (χ4n) is 8.44. The maximum atomic E-state index is 12.0. The van der Waals surface area contributed by atoms with Crippen LogP contribution in [0.2, 0.25) is 0 Å². The molecule has 6 rings (SSSR count). The van der Waals surface area contributed by atoms with E-state index < -0.39 is 51.7 Å². The van der Waals surface area contributed by atoms with Crippen LogP contribution in [0.4, 0.5) is 11.4 Å². The summed E-state index contributed by atoms with van der Waals surface area (Å²) in [5.41, 5.74) is 4.92. The van der Waals surface area contributed by atoms with Gasteiger partial charge < -0.3 is 19.3 Å². The number of allylic oxidation sites excluding steroid dienone is 8. The second-order valence-electron chi connectivity index (χ2n) is 16.7. The Morgan fingerprint density at radius 1 is 0.831 bits per heavy atom. The minimum Gasteiger partial charge on any atom is -0.748 e. The van der Waals surface area contributed by atoms with Crippen molar-refractivity contribution >= 4 is 81.0 Å². The molecule has 4 aromatic rings. The maximum Gasteiger partial charge on any atom is 1.00 e. The summed E-state index contributed by atoms with van der Waals surface area (Å²) in [5.74, 6) is 0. The molecule has 4 aromatic carbocycles. The molecule has 21 heteroatoms. The summed E-state index contributed by atoms with van der Waals surface area (Å²) in [7, 11) is -13.5. The summed E-state index contributed by atoms with van der Waals surface area (Å²) < 4.78 is 111. The molecule has 0 saturated heterocycles. The number of fused-ring (bicyclic) bond motifs is 6. The Kier molecular flexibility index (Phi) is 20.3. The Morgan fingerprint density at radius 3 is 2.09 bits per heavy atom. The van der Waals surface area contributed by atoms with E-state index in [9.17, 15) is 44.2 Å². The van der Waals surface area contributed by atoms with Crippen molar-refractivity contribution < 1.29 is 147 Å². The van der Waals surface area contributed by atoms with Gasteiger partial charge in [0.15, 0.2) is 12.3 Å². The summed E-state index contributed by atoms with van der Waals surface area (Å²) in [5, 5.41) is 15.0. The van der Waals surface area contributed by atoms with Gasteiger partial charge in [0, 0.05) is 52.4 Å². The number of benzene rings is 4. The second kappa shape index (κ2) is 22.7. The minimum absolute atomic E-state index is 0. The van der Waals surface area contributed by atoms with Crippen molar-refractivity contribution in [2.75, 3.05) is 18.0 Å². The number of hydrogen-bond donors (Lipinski definition) is 1. The molecule has 0 saturated carbocycles. The normalized spacial score (nSPS) is 17.6. The van der Waals surface area contributed by atoms with Gasteiger partial charge in [0.2, 0.25) is 5.69 Å². The SMILES string of the molecule is CC(C=C/C=C1/N(CCC(C)S(=O)(=O)O)c2ccc3cc(SOO[O-])ccc3c2C1(C)C)=CC=CC1=[N+](CCC(C)S(=O)(=O)[O-])c2ccc3cc(S(=O)(=O)[O-])ccc3c2C1(C)C.[Na+].[Na+].[Na+]. The largest absolute Gasteiger partial charge is 1.00 e. The van der Waals surface area contributed by atoms with Crippen molar-refractivity contribution in [3.8, 4) is 0 Å². The van der Waals surface area contributed by atoms with Gasteiger partial charge in [-0.25, -0.2) is 16.8 Å². The molecule has 1 N–H and O–H groups in total. The number of rotatable bonds is 16. The third kappa shape index (κ3) is 12.8. The molecule has 2 unspecified atom stereocenters. The molecule has 332 valence electrons. The van der Waals surface area contributed by atoms with E-state index in [0.717, 1.165) is 67.7 Å². The first kappa shape index (κ1) is 58.1. The van der Waals surface area contributed by atoms with Crippen LogP contribution in [0.25, 0.3) is 21.5 Å². The average Bonchev–Trinajstić information content (AvgIpc) is 3.54. The summed E-state index contributed by atoms with van der Waals surface area (Å²) in [6.07, 6.45) is 11.8. The van der Waals surface area contributed by atoms with Gasteiger partial charge in [-0.3, -0.25) is 9.59 Å². The van der Waals surface area contributed by atoms with Crippen LogP contribution in [0, 0.1) is 0 Å². The van der Waals surface area contributed by atoms with Crippen LogP contribution in [0.1, 0.15) is 72.4 Å². The zero-order valence-corrected chi connectivity index (χ0v) is 47.5. The predicted molar refractivity (Wildman–Crippen MR) is 237 cm³/mol. The van der Waals surface area contributed by atoms with Gasteiger partial charge in [-0.05, 0) is 111 Å². The third-order valence-corrected chi connectivity index (χ3v) is 15.7. The maximum absolute atomic E-state index is 12.0. The van der Waals surface area contributed by atoms with E-state index in [1.54, 1.807) is 12.1 Å². The Bertz CT molecular complexity index is 2950. The van der Waals surface area contributed by atoms with Gasteiger partial charge in [-0.2, -0.15) is 17.3 Å². The Morgan fingerprint density at radius 2 is 1.46 bits per heavy atom. The smallest absolute Gasteiger partial charge is 0.748 e. The van der Waals surface area contributed by atoms with Gasteiger partial charge in [-0.1, -0.05) is 61.9 Å². The molecule has 0 aromatic heterocycles. The summed E-state index contributed by atoms with van der Waals surface area (Å²) in [4.78, 5) is 2.39. The van der Waals surface area contributed by atoms with Crippen molar-refractivity contribution in [3.63, 3.8) is 0 Å². The summed E-state index contributed by atoms with van der Waals surface area (Å²) >= 11 is 0.796. The molecule has 0 fully saturated rings. The van der Waals surface area contributed by atoms with Crippen LogP contribution in [0.5, 0.6) is 0 Å². The van der Waals surface area contributed by atoms with E-state index in [1.165, 1.54) is 26.0 Å². The quantitative estimate of drug-likeness (QED) is 0.0251. The molecule has 0 radical (unpaired) electrons. The van der Waals surface area contributed by atoms with E-state index in [1.807, 2.05) is 98.2 Å². The fraction of sp³-hybridized carbons (Fsp3) is 0.341. The first-order valence-corrected chi connectivity index (χ1v) is 24.8. The van der Waals surface area contributed by atoms with E-state index >= 15 is 0 Å². The average molecular weight is 994 g/mol. The zero-order chi connectivity index (χ0) is 45.6. The summed E-state index contributed by atoms with van der Waals surface area (Å²) in [6.45, 7) is 13.5. The van der Waals surface area contributed by atoms with Crippen molar-refractivity contribution in [2.45, 2.75) is 92.4 Å². The third-order valence-electron chi connectivity index (χ3n) is 11.8. The number of hydrogen-bond acceptors (Lipinski definition) is 13. The Hall–Kier alpha value is -1.21. The fourth-order valence-corrected chi connectivity index (χ4v) is 10.1. The van der Waals surface area contributed by atoms with Crippen molar-refractivity contribution in [2.24, 2.45) is 0 Å². The molecule has 0 amide bonds. The molecule has 0 bridgehead atoms. The van der Waals surface area contributed by atoms with E-state index in [2.05, 4.69) is 28.1 Å². The van der Waals surface area contributed by atoms with Crippen LogP contribution in [-0.2, 0) is 50.6 Å². The molecule has 2 heterocycles. The molecule has 2 aliphatic rings. The monoisotopic (exact) mass is 993 g/mol. The Labute approximate surface area is 452 Å². The van der Waals surface area contributed by atoms with Crippen LogP contribution in [-0.4, -0.2) is 72.8 Å². The van der Waals surface area contributed by atoms with Gasteiger partial charge in [0.05, 0.1) is 43.0 Å². The van der Waals surface area contributed by atoms with Gasteiger partial charge >= 0.3 is 88.7 Å². The van der Waals surface area contributed by atoms with Crippen LogP contribution < -0.4 is 98.8 Å². The van der Waals surface area contributed by atoms with Crippen LogP contribution in [0.15, 0.2) is 118 Å².